The summed E-state index contributed by atoms with van der Waals surface area (Å²) in [4.78, 5) is 0. The molecule has 0 saturated heterocycles. The summed E-state index contributed by atoms with van der Waals surface area (Å²) in [7, 11) is 0. The van der Waals surface area contributed by atoms with Crippen molar-refractivity contribution in [2.24, 2.45) is 5.10 Å². The number of benzene rings is 3. The molecule has 0 bridgehead atoms. The summed E-state index contributed by atoms with van der Waals surface area (Å²) in [6.45, 7) is 1.48. The maximum Gasteiger partial charge on any atom is 0.115 e. The van der Waals surface area contributed by atoms with Crippen molar-refractivity contribution in [2.45, 2.75) is 13.1 Å². The Bertz CT molecular complexity index is 726. The molecule has 0 fully saturated rings. The first kappa shape index (κ1) is 15.8. The van der Waals surface area contributed by atoms with E-state index in [2.05, 4.69) is 29.4 Å². The van der Waals surface area contributed by atoms with E-state index in [1.165, 1.54) is 11.1 Å². The van der Waals surface area contributed by atoms with Crippen LogP contribution in [0.2, 0.25) is 0 Å². The molecule has 0 saturated carbocycles. The molecule has 3 heteroatoms. The number of phenols is 1. The van der Waals surface area contributed by atoms with Crippen LogP contribution >= 0.6 is 0 Å². The van der Waals surface area contributed by atoms with Gasteiger partial charge in [-0.1, -0.05) is 60.7 Å². The molecule has 3 nitrogen and oxygen atoms in total. The SMILES string of the molecule is Oc1ccc(/C=N\N(Cc2ccccc2)Cc2ccccc2)cc1. The van der Waals surface area contributed by atoms with Gasteiger partial charge in [0.2, 0.25) is 0 Å². The first-order valence-corrected chi connectivity index (χ1v) is 7.95. The van der Waals surface area contributed by atoms with E-state index in [0.29, 0.717) is 0 Å². The lowest BCUT2D eigenvalue weighted by molar-refractivity contribution is 0.272. The van der Waals surface area contributed by atoms with E-state index in [9.17, 15) is 5.11 Å². The van der Waals surface area contributed by atoms with E-state index in [0.717, 1.165) is 18.7 Å². The van der Waals surface area contributed by atoms with Gasteiger partial charge in [-0.2, -0.15) is 5.10 Å². The third kappa shape index (κ3) is 4.71. The van der Waals surface area contributed by atoms with Gasteiger partial charge < -0.3 is 5.11 Å². The van der Waals surface area contributed by atoms with Crippen LogP contribution < -0.4 is 0 Å². The maximum atomic E-state index is 9.37. The Morgan fingerprint density at radius 1 is 0.708 bits per heavy atom. The molecule has 24 heavy (non-hydrogen) atoms. The lowest BCUT2D eigenvalue weighted by atomic mass is 10.2. The topological polar surface area (TPSA) is 35.8 Å². The molecular weight excluding hydrogens is 296 g/mol. The fourth-order valence-electron chi connectivity index (χ4n) is 2.43. The van der Waals surface area contributed by atoms with Gasteiger partial charge in [0.1, 0.15) is 5.75 Å². The molecule has 120 valence electrons. The highest BCUT2D eigenvalue weighted by Crippen LogP contribution is 2.12. The van der Waals surface area contributed by atoms with E-state index < -0.39 is 0 Å². The molecule has 0 aliphatic carbocycles. The van der Waals surface area contributed by atoms with Gasteiger partial charge in [-0.15, -0.1) is 0 Å². The molecule has 0 aliphatic heterocycles. The molecule has 0 radical (unpaired) electrons. The first-order valence-electron chi connectivity index (χ1n) is 7.95. The second-order valence-corrected chi connectivity index (χ2v) is 5.63. The van der Waals surface area contributed by atoms with E-state index in [-0.39, 0.29) is 5.75 Å². The zero-order valence-corrected chi connectivity index (χ0v) is 13.4. The van der Waals surface area contributed by atoms with Crippen molar-refractivity contribution in [3.63, 3.8) is 0 Å². The minimum absolute atomic E-state index is 0.262. The van der Waals surface area contributed by atoms with Gasteiger partial charge in [0, 0.05) is 0 Å². The van der Waals surface area contributed by atoms with Crippen molar-refractivity contribution in [1.29, 1.82) is 0 Å². The second-order valence-electron chi connectivity index (χ2n) is 5.63. The van der Waals surface area contributed by atoms with Crippen LogP contribution in [0, 0.1) is 0 Å². The molecule has 0 heterocycles. The van der Waals surface area contributed by atoms with Crippen LogP contribution in [0.5, 0.6) is 5.75 Å². The third-order valence-electron chi connectivity index (χ3n) is 3.68. The maximum absolute atomic E-state index is 9.37. The van der Waals surface area contributed by atoms with Gasteiger partial charge in [-0.3, -0.25) is 5.01 Å². The predicted molar refractivity (Wildman–Crippen MR) is 97.8 cm³/mol. The molecule has 0 aromatic heterocycles. The van der Waals surface area contributed by atoms with Crippen molar-refractivity contribution in [3.8, 4) is 5.75 Å². The van der Waals surface area contributed by atoms with Crippen LogP contribution in [0.4, 0.5) is 0 Å². The van der Waals surface area contributed by atoms with Crippen LogP contribution in [0.15, 0.2) is 90.0 Å². The van der Waals surface area contributed by atoms with E-state index >= 15 is 0 Å². The monoisotopic (exact) mass is 316 g/mol. The summed E-state index contributed by atoms with van der Waals surface area (Å²) >= 11 is 0. The Morgan fingerprint density at radius 3 is 1.71 bits per heavy atom. The Balaban J connectivity index is 1.77. The summed E-state index contributed by atoms with van der Waals surface area (Å²) in [5, 5.41) is 16.0. The summed E-state index contributed by atoms with van der Waals surface area (Å²) in [5.74, 6) is 0.262. The molecule has 0 amide bonds. The molecule has 0 unspecified atom stereocenters. The summed E-state index contributed by atoms with van der Waals surface area (Å²) in [6, 6.07) is 27.7. The normalized spacial score (nSPS) is 10.8. The molecule has 0 spiro atoms. The second kappa shape index (κ2) is 7.97. The van der Waals surface area contributed by atoms with Gasteiger partial charge >= 0.3 is 0 Å². The number of aromatic hydroxyl groups is 1. The Labute approximate surface area is 142 Å². The fourth-order valence-corrected chi connectivity index (χ4v) is 2.43. The summed E-state index contributed by atoms with van der Waals surface area (Å²) < 4.78 is 0. The highest BCUT2D eigenvalue weighted by atomic mass is 16.3. The van der Waals surface area contributed by atoms with Crippen molar-refractivity contribution < 1.29 is 5.11 Å². The van der Waals surface area contributed by atoms with Crippen molar-refractivity contribution >= 4 is 6.21 Å². The zero-order valence-electron chi connectivity index (χ0n) is 13.4. The number of nitrogens with zero attached hydrogens (tertiary/aromatic N) is 2. The van der Waals surface area contributed by atoms with Crippen LogP contribution in [0.3, 0.4) is 0 Å². The number of hydrazone groups is 1. The van der Waals surface area contributed by atoms with Gasteiger partial charge in [0.05, 0.1) is 19.3 Å². The average molecular weight is 316 g/mol. The van der Waals surface area contributed by atoms with Crippen LogP contribution in [-0.4, -0.2) is 16.3 Å². The smallest absolute Gasteiger partial charge is 0.115 e. The lowest BCUT2D eigenvalue weighted by Gasteiger charge is -2.19. The fraction of sp³-hybridized carbons (Fsp3) is 0.0952. The lowest BCUT2D eigenvalue weighted by Crippen LogP contribution is -2.17. The predicted octanol–water partition coefficient (Wildman–Crippen LogP) is 4.43. The van der Waals surface area contributed by atoms with Gasteiger partial charge in [0.25, 0.3) is 0 Å². The standard InChI is InChI=1S/C21H20N2O/c24-21-13-11-18(12-14-21)15-22-23(16-19-7-3-1-4-8-19)17-20-9-5-2-6-10-20/h1-15,24H,16-17H2/b22-15-. The number of rotatable bonds is 6. The summed E-state index contributed by atoms with van der Waals surface area (Å²) in [6.07, 6.45) is 1.82. The van der Waals surface area contributed by atoms with Crippen molar-refractivity contribution in [1.82, 2.24) is 5.01 Å². The minimum atomic E-state index is 0.262. The number of hydrogen-bond donors (Lipinski definition) is 1. The van der Waals surface area contributed by atoms with Gasteiger partial charge in [-0.25, -0.2) is 0 Å². The largest absolute Gasteiger partial charge is 0.508 e. The van der Waals surface area contributed by atoms with Gasteiger partial charge in [0.15, 0.2) is 0 Å². The molecule has 1 N–H and O–H groups in total. The van der Waals surface area contributed by atoms with Crippen LogP contribution in [0.1, 0.15) is 16.7 Å². The Hall–Kier alpha value is -3.07. The molecular formula is C21H20N2O. The summed E-state index contributed by atoms with van der Waals surface area (Å²) in [5.41, 5.74) is 3.39. The highest BCUT2D eigenvalue weighted by Gasteiger charge is 2.04. The highest BCUT2D eigenvalue weighted by molar-refractivity contribution is 5.79. The Morgan fingerprint density at radius 2 is 1.21 bits per heavy atom. The van der Waals surface area contributed by atoms with E-state index in [1.807, 2.05) is 59.8 Å². The number of phenolic OH excluding ortho intramolecular Hbond substituents is 1. The Kier molecular flexibility index (Phi) is 5.25. The molecule has 0 aliphatic rings. The minimum Gasteiger partial charge on any atom is -0.508 e. The number of hydrogen-bond acceptors (Lipinski definition) is 3. The van der Waals surface area contributed by atoms with Gasteiger partial charge in [-0.05, 0) is 41.0 Å². The quantitative estimate of drug-likeness (QED) is 0.539. The van der Waals surface area contributed by atoms with Crippen LogP contribution in [-0.2, 0) is 13.1 Å². The van der Waals surface area contributed by atoms with Crippen LogP contribution in [0.25, 0.3) is 0 Å². The van der Waals surface area contributed by atoms with Crippen molar-refractivity contribution in [3.05, 3.63) is 102 Å². The molecule has 3 aromatic rings. The molecule has 3 rings (SSSR count). The molecule has 0 atom stereocenters. The average Bonchev–Trinajstić information content (AvgIpc) is 2.63. The zero-order chi connectivity index (χ0) is 16.6. The molecule has 3 aromatic carbocycles. The van der Waals surface area contributed by atoms with E-state index in [1.54, 1.807) is 12.1 Å². The van der Waals surface area contributed by atoms with E-state index in [4.69, 9.17) is 0 Å². The van der Waals surface area contributed by atoms with Crippen molar-refractivity contribution in [2.75, 3.05) is 0 Å². The third-order valence-corrected chi connectivity index (χ3v) is 3.68. The first-order chi connectivity index (χ1) is 11.8.